The van der Waals surface area contributed by atoms with Crippen molar-refractivity contribution >= 4 is 23.2 Å². The Bertz CT molecular complexity index is 602. The molecular formula is C15H15ClN2O3. The van der Waals surface area contributed by atoms with Gasteiger partial charge < -0.3 is 14.8 Å². The summed E-state index contributed by atoms with van der Waals surface area (Å²) in [5, 5.41) is 2.99. The van der Waals surface area contributed by atoms with Crippen LogP contribution in [0.25, 0.3) is 0 Å². The van der Waals surface area contributed by atoms with Gasteiger partial charge in [-0.2, -0.15) is 0 Å². The van der Waals surface area contributed by atoms with Crippen LogP contribution in [-0.2, 0) is 4.79 Å². The molecule has 0 saturated carbocycles. The van der Waals surface area contributed by atoms with Gasteiger partial charge in [0.05, 0.1) is 6.61 Å². The zero-order valence-corrected chi connectivity index (χ0v) is 12.3. The molecule has 0 bridgehead atoms. The van der Waals surface area contributed by atoms with Gasteiger partial charge in [0.1, 0.15) is 16.7 Å². The number of hydrogen-bond donors (Lipinski definition) is 1. The number of pyridine rings is 1. The Morgan fingerprint density at radius 1 is 1.19 bits per heavy atom. The smallest absolute Gasteiger partial charge is 0.262 e. The van der Waals surface area contributed by atoms with Crippen molar-refractivity contribution in [1.29, 1.82) is 0 Å². The Balaban J connectivity index is 1.83. The summed E-state index contributed by atoms with van der Waals surface area (Å²) in [7, 11) is 0. The summed E-state index contributed by atoms with van der Waals surface area (Å²) in [6, 6.07) is 10.3. The maximum atomic E-state index is 11.7. The fourth-order valence-corrected chi connectivity index (χ4v) is 1.80. The van der Waals surface area contributed by atoms with E-state index < -0.39 is 0 Å². The Kier molecular flexibility index (Phi) is 5.40. The summed E-state index contributed by atoms with van der Waals surface area (Å²) >= 11 is 5.74. The molecule has 110 valence electrons. The lowest BCUT2D eigenvalue weighted by molar-refractivity contribution is -0.118. The molecule has 0 spiro atoms. The second-order valence-corrected chi connectivity index (χ2v) is 4.50. The number of ether oxygens (including phenoxy) is 2. The third-order valence-electron chi connectivity index (χ3n) is 2.51. The first-order valence-corrected chi connectivity index (χ1v) is 6.82. The van der Waals surface area contributed by atoms with Crippen molar-refractivity contribution in [2.75, 3.05) is 18.5 Å². The van der Waals surface area contributed by atoms with Gasteiger partial charge in [0, 0.05) is 11.9 Å². The highest BCUT2D eigenvalue weighted by atomic mass is 35.5. The lowest BCUT2D eigenvalue weighted by atomic mass is 10.3. The van der Waals surface area contributed by atoms with Crippen LogP contribution in [0.2, 0.25) is 5.15 Å². The first kappa shape index (κ1) is 15.1. The van der Waals surface area contributed by atoms with E-state index in [1.165, 1.54) is 6.20 Å². The zero-order chi connectivity index (χ0) is 15.1. The average molecular weight is 307 g/mol. The molecular weight excluding hydrogens is 292 g/mol. The molecule has 1 N–H and O–H groups in total. The van der Waals surface area contributed by atoms with Gasteiger partial charge >= 0.3 is 0 Å². The molecule has 0 aliphatic heterocycles. The number of amides is 1. The summed E-state index contributed by atoms with van der Waals surface area (Å²) in [5.41, 5.74) is 0.579. The van der Waals surface area contributed by atoms with Crippen LogP contribution in [0.15, 0.2) is 42.6 Å². The van der Waals surface area contributed by atoms with Crippen molar-refractivity contribution in [1.82, 2.24) is 4.98 Å². The minimum Gasteiger partial charge on any atom is -0.494 e. The predicted octanol–water partition coefficient (Wildman–Crippen LogP) is 3.15. The van der Waals surface area contributed by atoms with Crippen LogP contribution in [0, 0.1) is 0 Å². The minimum absolute atomic E-state index is 0.0894. The first-order chi connectivity index (χ1) is 10.2. The Hall–Kier alpha value is -2.27. The third kappa shape index (κ3) is 4.96. The van der Waals surface area contributed by atoms with Crippen molar-refractivity contribution in [2.24, 2.45) is 0 Å². The maximum absolute atomic E-state index is 11.7. The van der Waals surface area contributed by atoms with Crippen LogP contribution in [-0.4, -0.2) is 24.1 Å². The van der Waals surface area contributed by atoms with Crippen molar-refractivity contribution in [3.05, 3.63) is 47.7 Å². The molecule has 0 radical (unpaired) electrons. The normalized spacial score (nSPS) is 10.0. The second-order valence-electron chi connectivity index (χ2n) is 4.11. The summed E-state index contributed by atoms with van der Waals surface area (Å²) in [5.74, 6) is 1.09. The number of halogens is 1. The lowest BCUT2D eigenvalue weighted by Gasteiger charge is -2.08. The third-order valence-corrected chi connectivity index (χ3v) is 2.72. The van der Waals surface area contributed by atoms with E-state index in [0.29, 0.717) is 23.2 Å². The highest BCUT2D eigenvalue weighted by Gasteiger charge is 2.04. The van der Waals surface area contributed by atoms with Crippen molar-refractivity contribution < 1.29 is 14.3 Å². The fourth-order valence-electron chi connectivity index (χ4n) is 1.62. The Morgan fingerprint density at radius 3 is 2.48 bits per heavy atom. The number of carbonyl (C=O) groups excluding carboxylic acids is 1. The predicted molar refractivity (Wildman–Crippen MR) is 81.0 cm³/mol. The molecule has 5 nitrogen and oxygen atoms in total. The van der Waals surface area contributed by atoms with E-state index in [0.717, 1.165) is 5.75 Å². The van der Waals surface area contributed by atoms with Crippen molar-refractivity contribution in [3.63, 3.8) is 0 Å². The number of anilines is 1. The van der Waals surface area contributed by atoms with E-state index in [-0.39, 0.29) is 12.5 Å². The van der Waals surface area contributed by atoms with Gasteiger partial charge in [0.15, 0.2) is 6.61 Å². The number of aromatic nitrogens is 1. The second kappa shape index (κ2) is 7.50. The lowest BCUT2D eigenvalue weighted by Crippen LogP contribution is -2.20. The summed E-state index contributed by atoms with van der Waals surface area (Å²) < 4.78 is 10.7. The van der Waals surface area contributed by atoms with Crippen LogP contribution in [0.3, 0.4) is 0 Å². The van der Waals surface area contributed by atoms with E-state index in [9.17, 15) is 4.79 Å². The SMILES string of the molecule is CCOc1ccc(OCC(=O)Nc2ccnc(Cl)c2)cc1. The van der Waals surface area contributed by atoms with Gasteiger partial charge in [-0.25, -0.2) is 4.98 Å². The number of benzene rings is 1. The largest absolute Gasteiger partial charge is 0.494 e. The van der Waals surface area contributed by atoms with E-state index in [1.807, 2.05) is 6.92 Å². The topological polar surface area (TPSA) is 60.5 Å². The molecule has 1 amide bonds. The van der Waals surface area contributed by atoms with Gasteiger partial charge in [-0.3, -0.25) is 4.79 Å². The van der Waals surface area contributed by atoms with Crippen LogP contribution in [0.5, 0.6) is 11.5 Å². The molecule has 0 saturated heterocycles. The summed E-state index contributed by atoms with van der Waals surface area (Å²) in [4.78, 5) is 15.6. The number of nitrogens with one attached hydrogen (secondary N) is 1. The highest BCUT2D eigenvalue weighted by Crippen LogP contribution is 2.17. The molecule has 0 aliphatic rings. The Morgan fingerprint density at radius 2 is 1.86 bits per heavy atom. The van der Waals surface area contributed by atoms with Gasteiger partial charge in [-0.1, -0.05) is 11.6 Å². The van der Waals surface area contributed by atoms with Crippen LogP contribution in [0.1, 0.15) is 6.92 Å². The van der Waals surface area contributed by atoms with Gasteiger partial charge in [0.25, 0.3) is 5.91 Å². The van der Waals surface area contributed by atoms with Crippen molar-refractivity contribution in [2.45, 2.75) is 6.92 Å². The molecule has 0 unspecified atom stereocenters. The number of rotatable bonds is 6. The van der Waals surface area contributed by atoms with Gasteiger partial charge in [0.2, 0.25) is 0 Å². The first-order valence-electron chi connectivity index (χ1n) is 6.44. The highest BCUT2D eigenvalue weighted by molar-refractivity contribution is 6.29. The molecule has 2 aromatic rings. The fraction of sp³-hybridized carbons (Fsp3) is 0.200. The molecule has 0 aliphatic carbocycles. The molecule has 0 fully saturated rings. The van der Waals surface area contributed by atoms with Crippen LogP contribution in [0.4, 0.5) is 5.69 Å². The van der Waals surface area contributed by atoms with Crippen LogP contribution < -0.4 is 14.8 Å². The maximum Gasteiger partial charge on any atom is 0.262 e. The number of nitrogens with zero attached hydrogens (tertiary/aromatic N) is 1. The zero-order valence-electron chi connectivity index (χ0n) is 11.5. The summed E-state index contributed by atoms with van der Waals surface area (Å²) in [6.45, 7) is 2.44. The van der Waals surface area contributed by atoms with E-state index in [4.69, 9.17) is 21.1 Å². The summed E-state index contributed by atoms with van der Waals surface area (Å²) in [6.07, 6.45) is 1.52. The molecule has 2 rings (SSSR count). The standard InChI is InChI=1S/C15H15ClN2O3/c1-2-20-12-3-5-13(6-4-12)21-10-15(19)18-11-7-8-17-14(16)9-11/h3-9H,2,10H2,1H3,(H,17,18,19). The minimum atomic E-state index is -0.272. The monoisotopic (exact) mass is 306 g/mol. The quantitative estimate of drug-likeness (QED) is 0.833. The molecule has 1 aromatic heterocycles. The molecule has 6 heteroatoms. The van der Waals surface area contributed by atoms with Gasteiger partial charge in [-0.05, 0) is 43.3 Å². The molecule has 1 heterocycles. The molecule has 21 heavy (non-hydrogen) atoms. The van der Waals surface area contributed by atoms with E-state index >= 15 is 0 Å². The van der Waals surface area contributed by atoms with Crippen LogP contribution >= 0.6 is 11.6 Å². The number of hydrogen-bond acceptors (Lipinski definition) is 4. The molecule has 1 aromatic carbocycles. The average Bonchev–Trinajstić information content (AvgIpc) is 2.47. The Labute approximate surface area is 127 Å². The van der Waals surface area contributed by atoms with Crippen molar-refractivity contribution in [3.8, 4) is 11.5 Å². The van der Waals surface area contributed by atoms with Gasteiger partial charge in [-0.15, -0.1) is 0 Å². The number of carbonyl (C=O) groups is 1. The van der Waals surface area contributed by atoms with E-state index in [2.05, 4.69) is 10.3 Å². The van der Waals surface area contributed by atoms with E-state index in [1.54, 1.807) is 36.4 Å². The molecule has 0 atom stereocenters.